The number of carbonyl (C=O) groups excluding carboxylic acids is 1. The van der Waals surface area contributed by atoms with Gasteiger partial charge in [0.05, 0.1) is 28.7 Å². The van der Waals surface area contributed by atoms with Crippen molar-refractivity contribution in [2.24, 2.45) is 5.41 Å². The lowest BCUT2D eigenvalue weighted by atomic mass is 9.70. The maximum atomic E-state index is 13.2. The number of benzene rings is 1. The van der Waals surface area contributed by atoms with Crippen LogP contribution < -0.4 is 5.32 Å². The summed E-state index contributed by atoms with van der Waals surface area (Å²) in [5, 5.41) is 22.7. The molecule has 1 fully saturated rings. The van der Waals surface area contributed by atoms with Crippen molar-refractivity contribution in [3.63, 3.8) is 0 Å². The summed E-state index contributed by atoms with van der Waals surface area (Å²) in [5.41, 5.74) is 2.78. The minimum atomic E-state index is -1.32. The van der Waals surface area contributed by atoms with Gasteiger partial charge >= 0.3 is 6.09 Å². The number of rotatable bonds is 4. The third-order valence-electron chi connectivity index (χ3n) is 5.65. The summed E-state index contributed by atoms with van der Waals surface area (Å²) >= 11 is 1.58. The summed E-state index contributed by atoms with van der Waals surface area (Å²) in [4.78, 5) is 31.5. The fourth-order valence-electron chi connectivity index (χ4n) is 4.07. The lowest BCUT2D eigenvalue weighted by Gasteiger charge is -2.45. The molecule has 2 aromatic rings. The number of aromatic nitrogens is 1. The van der Waals surface area contributed by atoms with Gasteiger partial charge in [-0.25, -0.2) is 9.78 Å². The van der Waals surface area contributed by atoms with Crippen molar-refractivity contribution in [2.45, 2.75) is 52.3 Å². The van der Waals surface area contributed by atoms with Gasteiger partial charge in [0, 0.05) is 13.0 Å². The molecule has 2 amide bonds. The van der Waals surface area contributed by atoms with Crippen LogP contribution in [0.3, 0.4) is 0 Å². The van der Waals surface area contributed by atoms with Gasteiger partial charge in [0.15, 0.2) is 0 Å². The Labute approximate surface area is 174 Å². The number of aliphatic hydroxyl groups is 1. The SMILES string of the molecule is Cc1ncsc1-c1ccc(CNC(=O)[C@@]2(C(C)(C)C)C[C@H](O)CN2C(=O)O)cc1. The third kappa shape index (κ3) is 3.86. The molecule has 29 heavy (non-hydrogen) atoms. The Morgan fingerprint density at radius 3 is 2.48 bits per heavy atom. The van der Waals surface area contributed by atoms with E-state index < -0.39 is 23.2 Å². The highest BCUT2D eigenvalue weighted by atomic mass is 32.1. The van der Waals surface area contributed by atoms with Gasteiger partial charge in [0.1, 0.15) is 5.54 Å². The van der Waals surface area contributed by atoms with E-state index in [0.717, 1.165) is 26.6 Å². The van der Waals surface area contributed by atoms with Crippen LogP contribution in [0.1, 0.15) is 38.4 Å². The monoisotopic (exact) mass is 417 g/mol. The van der Waals surface area contributed by atoms with Crippen LogP contribution in [-0.2, 0) is 11.3 Å². The molecule has 0 radical (unpaired) electrons. The lowest BCUT2D eigenvalue weighted by Crippen LogP contribution is -2.63. The summed E-state index contributed by atoms with van der Waals surface area (Å²) in [5.74, 6) is -0.383. The van der Waals surface area contributed by atoms with Gasteiger partial charge < -0.3 is 15.5 Å². The van der Waals surface area contributed by atoms with Crippen LogP contribution in [0.4, 0.5) is 4.79 Å². The van der Waals surface area contributed by atoms with E-state index in [0.29, 0.717) is 0 Å². The maximum Gasteiger partial charge on any atom is 0.408 e. The minimum Gasteiger partial charge on any atom is -0.465 e. The number of hydrogen-bond acceptors (Lipinski definition) is 5. The molecule has 8 heteroatoms. The van der Waals surface area contributed by atoms with Crippen LogP contribution in [0.2, 0.25) is 0 Å². The quantitative estimate of drug-likeness (QED) is 0.709. The summed E-state index contributed by atoms with van der Waals surface area (Å²) in [7, 11) is 0. The first kappa shape index (κ1) is 21.3. The Hall–Kier alpha value is -2.45. The lowest BCUT2D eigenvalue weighted by molar-refractivity contribution is -0.137. The Morgan fingerprint density at radius 1 is 1.31 bits per heavy atom. The van der Waals surface area contributed by atoms with Crippen LogP contribution in [-0.4, -0.2) is 50.3 Å². The third-order valence-corrected chi connectivity index (χ3v) is 6.62. The normalized spacial score (nSPS) is 22.0. The summed E-state index contributed by atoms with van der Waals surface area (Å²) in [6.07, 6.45) is -1.98. The highest BCUT2D eigenvalue weighted by Gasteiger charge is 2.59. The Morgan fingerprint density at radius 2 is 1.97 bits per heavy atom. The van der Waals surface area contributed by atoms with E-state index in [4.69, 9.17) is 0 Å². The van der Waals surface area contributed by atoms with E-state index in [1.165, 1.54) is 0 Å². The molecule has 156 valence electrons. The van der Waals surface area contributed by atoms with Gasteiger partial charge in [-0.2, -0.15) is 0 Å². The first-order valence-electron chi connectivity index (χ1n) is 9.52. The zero-order valence-electron chi connectivity index (χ0n) is 17.1. The van der Waals surface area contributed by atoms with Gasteiger partial charge in [0.25, 0.3) is 0 Å². The molecular weight excluding hydrogens is 390 g/mol. The summed E-state index contributed by atoms with van der Waals surface area (Å²) < 4.78 is 0. The molecule has 2 atom stereocenters. The standard InChI is InChI=1S/C21H27N3O4S/c1-13-17(29-12-23-13)15-7-5-14(6-8-15)10-22-18(26)21(20(2,3)4)9-16(25)11-24(21)19(27)28/h5-8,12,16,25H,9-11H2,1-4H3,(H,22,26)(H,27,28)/t16-,21+/m0/s1. The average molecular weight is 418 g/mol. The molecule has 2 heterocycles. The molecule has 1 saturated heterocycles. The number of amides is 2. The first-order valence-corrected chi connectivity index (χ1v) is 10.4. The smallest absolute Gasteiger partial charge is 0.408 e. The zero-order chi connectivity index (χ0) is 21.4. The molecule has 1 aromatic heterocycles. The number of nitrogens with one attached hydrogen (secondary N) is 1. The second kappa shape index (κ2) is 7.76. The van der Waals surface area contributed by atoms with E-state index in [2.05, 4.69) is 10.3 Å². The predicted octanol–water partition coefficient (Wildman–Crippen LogP) is 3.26. The van der Waals surface area contributed by atoms with Crippen molar-refractivity contribution in [1.29, 1.82) is 0 Å². The number of aryl methyl sites for hydroxylation is 1. The molecule has 7 nitrogen and oxygen atoms in total. The van der Waals surface area contributed by atoms with E-state index in [9.17, 15) is 19.8 Å². The molecule has 0 aliphatic carbocycles. The number of carboxylic acid groups (broad SMARTS) is 1. The van der Waals surface area contributed by atoms with Gasteiger partial charge in [-0.3, -0.25) is 9.69 Å². The Bertz CT molecular complexity index is 903. The van der Waals surface area contributed by atoms with Crippen LogP contribution >= 0.6 is 11.3 Å². The van der Waals surface area contributed by atoms with E-state index in [-0.39, 0.29) is 25.4 Å². The molecule has 1 aliphatic rings. The van der Waals surface area contributed by atoms with Crippen molar-refractivity contribution >= 4 is 23.3 Å². The van der Waals surface area contributed by atoms with Gasteiger partial charge in [-0.05, 0) is 23.5 Å². The Balaban J connectivity index is 1.77. The number of carbonyl (C=O) groups is 2. The second-order valence-electron chi connectivity index (χ2n) is 8.51. The average Bonchev–Trinajstić information content (AvgIpc) is 3.23. The first-order chi connectivity index (χ1) is 13.6. The van der Waals surface area contributed by atoms with Gasteiger partial charge in [0.2, 0.25) is 5.91 Å². The molecule has 0 unspecified atom stereocenters. The molecule has 3 N–H and O–H groups in total. The largest absolute Gasteiger partial charge is 0.465 e. The van der Waals surface area contributed by atoms with Gasteiger partial charge in [-0.1, -0.05) is 45.0 Å². The molecular formula is C21H27N3O4S. The van der Waals surface area contributed by atoms with E-state index in [1.54, 1.807) is 11.3 Å². The van der Waals surface area contributed by atoms with Gasteiger partial charge in [-0.15, -0.1) is 11.3 Å². The molecule has 0 saturated carbocycles. The molecule has 0 bridgehead atoms. The fourth-order valence-corrected chi connectivity index (χ4v) is 4.88. The number of nitrogens with zero attached hydrogens (tertiary/aromatic N) is 2. The van der Waals surface area contributed by atoms with Crippen LogP contribution in [0, 0.1) is 12.3 Å². The highest BCUT2D eigenvalue weighted by molar-refractivity contribution is 7.13. The van der Waals surface area contributed by atoms with Crippen LogP contribution in [0.25, 0.3) is 10.4 Å². The second-order valence-corrected chi connectivity index (χ2v) is 9.36. The highest BCUT2D eigenvalue weighted by Crippen LogP contribution is 2.44. The number of aliphatic hydroxyl groups excluding tert-OH is 1. The number of thiazole rings is 1. The summed E-state index contributed by atoms with van der Waals surface area (Å²) in [6, 6.07) is 7.86. The number of β-amino-alcohol motifs (C(OH)–C–C–N with tert-alkyl or cyclic N) is 1. The van der Waals surface area contributed by atoms with Crippen LogP contribution in [0.5, 0.6) is 0 Å². The molecule has 1 aliphatic heterocycles. The minimum absolute atomic E-state index is 0.0665. The Kier molecular flexibility index (Phi) is 5.69. The maximum absolute atomic E-state index is 13.2. The molecule has 1 aromatic carbocycles. The van der Waals surface area contributed by atoms with Crippen molar-refractivity contribution in [2.75, 3.05) is 6.54 Å². The van der Waals surface area contributed by atoms with Crippen molar-refractivity contribution in [3.05, 3.63) is 41.0 Å². The molecule has 0 spiro atoms. The van der Waals surface area contributed by atoms with Crippen LogP contribution in [0.15, 0.2) is 29.8 Å². The number of likely N-dealkylation sites (tertiary alicyclic amines) is 1. The van der Waals surface area contributed by atoms with Crippen molar-refractivity contribution in [3.8, 4) is 10.4 Å². The fraction of sp³-hybridized carbons (Fsp3) is 0.476. The molecule has 3 rings (SSSR count). The van der Waals surface area contributed by atoms with E-state index in [1.807, 2.05) is 57.5 Å². The van der Waals surface area contributed by atoms with Crippen molar-refractivity contribution in [1.82, 2.24) is 15.2 Å². The zero-order valence-corrected chi connectivity index (χ0v) is 17.9. The van der Waals surface area contributed by atoms with Crippen molar-refractivity contribution < 1.29 is 19.8 Å². The predicted molar refractivity (Wildman–Crippen MR) is 112 cm³/mol. The topological polar surface area (TPSA) is 103 Å². The summed E-state index contributed by atoms with van der Waals surface area (Å²) in [6.45, 7) is 7.66. The van der Waals surface area contributed by atoms with E-state index >= 15 is 0 Å². The number of hydrogen-bond donors (Lipinski definition) is 3.